The van der Waals surface area contributed by atoms with E-state index in [1.165, 1.54) is 19.1 Å². The molecule has 1 atom stereocenters. The Hall–Kier alpha value is -1.89. The molecule has 0 bridgehead atoms. The zero-order chi connectivity index (χ0) is 13.0. The molecule has 1 aromatic rings. The number of halogens is 1. The van der Waals surface area contributed by atoms with E-state index in [4.69, 9.17) is 5.26 Å². The maximum Gasteiger partial charge on any atom is 0.161 e. The van der Waals surface area contributed by atoms with E-state index in [0.29, 0.717) is 5.56 Å². The second-order valence-electron chi connectivity index (χ2n) is 4.01. The molecule has 0 saturated heterocycles. The average molecular weight is 234 g/mol. The summed E-state index contributed by atoms with van der Waals surface area (Å²) in [5.41, 5.74) is 0.611. The number of rotatable bonds is 4. The van der Waals surface area contributed by atoms with Gasteiger partial charge in [0.2, 0.25) is 0 Å². The van der Waals surface area contributed by atoms with Crippen LogP contribution < -0.4 is 4.90 Å². The highest BCUT2D eigenvalue weighted by Crippen LogP contribution is 2.26. The minimum absolute atomic E-state index is 0.144. The summed E-state index contributed by atoms with van der Waals surface area (Å²) in [4.78, 5) is 13.1. The van der Waals surface area contributed by atoms with Crippen molar-refractivity contribution in [2.45, 2.75) is 26.3 Å². The van der Waals surface area contributed by atoms with E-state index in [1.54, 1.807) is 18.0 Å². The van der Waals surface area contributed by atoms with Crippen molar-refractivity contribution < 1.29 is 9.18 Å². The van der Waals surface area contributed by atoms with E-state index in [1.807, 2.05) is 13.0 Å². The number of ketones is 1. The van der Waals surface area contributed by atoms with Crippen LogP contribution >= 0.6 is 0 Å². The van der Waals surface area contributed by atoms with Gasteiger partial charge in [0, 0.05) is 18.7 Å². The number of carbonyl (C=O) groups is 1. The zero-order valence-electron chi connectivity index (χ0n) is 10.2. The number of nitriles is 1. The minimum atomic E-state index is -0.440. The molecule has 0 aliphatic carbocycles. The highest BCUT2D eigenvalue weighted by atomic mass is 19.1. The molecule has 0 heterocycles. The van der Waals surface area contributed by atoms with Crippen molar-refractivity contribution in [1.82, 2.24) is 0 Å². The van der Waals surface area contributed by atoms with Gasteiger partial charge in [0.05, 0.1) is 18.2 Å². The minimum Gasteiger partial charge on any atom is -0.368 e. The lowest BCUT2D eigenvalue weighted by molar-refractivity contribution is 0.101. The molecule has 4 heteroatoms. The summed E-state index contributed by atoms with van der Waals surface area (Å²) in [6.45, 7) is 3.22. The Bertz CT molecular complexity index is 465. The van der Waals surface area contributed by atoms with Crippen molar-refractivity contribution in [3.05, 3.63) is 29.6 Å². The van der Waals surface area contributed by atoms with Crippen LogP contribution in [0, 0.1) is 17.1 Å². The fraction of sp³-hybridized carbons (Fsp3) is 0.385. The third-order valence-electron chi connectivity index (χ3n) is 2.77. The fourth-order valence-corrected chi connectivity index (χ4v) is 1.65. The van der Waals surface area contributed by atoms with E-state index in [9.17, 15) is 9.18 Å². The van der Waals surface area contributed by atoms with Gasteiger partial charge in [-0.15, -0.1) is 0 Å². The molecule has 0 spiro atoms. The summed E-state index contributed by atoms with van der Waals surface area (Å²) >= 11 is 0. The second kappa shape index (κ2) is 5.44. The van der Waals surface area contributed by atoms with Crippen LogP contribution in [0.15, 0.2) is 18.2 Å². The first kappa shape index (κ1) is 13.2. The van der Waals surface area contributed by atoms with E-state index in [-0.39, 0.29) is 23.9 Å². The Balaban J connectivity index is 3.20. The first-order valence-electron chi connectivity index (χ1n) is 5.38. The standard InChI is InChI=1S/C13H15FN2O/c1-9(7-8-15)16(3)13-11(10(2)17)5-4-6-12(13)14/h4-6,9H,7H2,1-3H3. The van der Waals surface area contributed by atoms with Crippen LogP contribution in [0.2, 0.25) is 0 Å². The van der Waals surface area contributed by atoms with Crippen LogP contribution in [0.25, 0.3) is 0 Å². The summed E-state index contributed by atoms with van der Waals surface area (Å²) in [6.07, 6.45) is 0.280. The monoisotopic (exact) mass is 234 g/mol. The second-order valence-corrected chi connectivity index (χ2v) is 4.01. The largest absolute Gasteiger partial charge is 0.368 e. The van der Waals surface area contributed by atoms with Gasteiger partial charge in [-0.3, -0.25) is 4.79 Å². The molecule has 1 rings (SSSR count). The molecule has 0 aromatic heterocycles. The van der Waals surface area contributed by atoms with Gasteiger partial charge in [0.15, 0.2) is 5.78 Å². The van der Waals surface area contributed by atoms with Crippen molar-refractivity contribution >= 4 is 11.5 Å². The lowest BCUT2D eigenvalue weighted by Gasteiger charge is -2.27. The van der Waals surface area contributed by atoms with E-state index in [0.717, 1.165) is 0 Å². The number of hydrogen-bond acceptors (Lipinski definition) is 3. The maximum atomic E-state index is 13.8. The van der Waals surface area contributed by atoms with E-state index < -0.39 is 5.82 Å². The molecule has 0 fully saturated rings. The smallest absolute Gasteiger partial charge is 0.161 e. The van der Waals surface area contributed by atoms with Crippen LogP contribution in [0.1, 0.15) is 30.6 Å². The Morgan fingerprint density at radius 1 is 1.59 bits per heavy atom. The fourth-order valence-electron chi connectivity index (χ4n) is 1.65. The summed E-state index contributed by atoms with van der Waals surface area (Å²) in [7, 11) is 1.69. The summed E-state index contributed by atoms with van der Waals surface area (Å²) in [5, 5.41) is 8.64. The lowest BCUT2D eigenvalue weighted by Crippen LogP contribution is -2.30. The summed E-state index contributed by atoms with van der Waals surface area (Å²) in [6, 6.07) is 6.32. The SMILES string of the molecule is CC(=O)c1cccc(F)c1N(C)C(C)CC#N. The highest BCUT2D eigenvalue weighted by molar-refractivity contribution is 5.99. The Morgan fingerprint density at radius 3 is 2.76 bits per heavy atom. The van der Waals surface area contributed by atoms with Crippen LogP contribution in [-0.4, -0.2) is 18.9 Å². The van der Waals surface area contributed by atoms with Gasteiger partial charge in [-0.25, -0.2) is 4.39 Å². The topological polar surface area (TPSA) is 44.1 Å². The van der Waals surface area contributed by atoms with Gasteiger partial charge in [0.25, 0.3) is 0 Å². The lowest BCUT2D eigenvalue weighted by atomic mass is 10.1. The first-order chi connectivity index (χ1) is 7.99. The van der Waals surface area contributed by atoms with Gasteiger partial charge in [0.1, 0.15) is 5.82 Å². The summed E-state index contributed by atoms with van der Waals surface area (Å²) in [5.74, 6) is -0.625. The molecular weight excluding hydrogens is 219 g/mol. The molecule has 17 heavy (non-hydrogen) atoms. The van der Waals surface area contributed by atoms with E-state index >= 15 is 0 Å². The number of para-hydroxylation sites is 1. The van der Waals surface area contributed by atoms with Crippen LogP contribution in [0.4, 0.5) is 10.1 Å². The molecule has 0 aliphatic heterocycles. The third-order valence-corrected chi connectivity index (χ3v) is 2.77. The quantitative estimate of drug-likeness (QED) is 0.752. The zero-order valence-corrected chi connectivity index (χ0v) is 10.2. The molecule has 90 valence electrons. The van der Waals surface area contributed by atoms with Crippen molar-refractivity contribution in [3.8, 4) is 6.07 Å². The number of carbonyl (C=O) groups excluding carboxylic acids is 1. The van der Waals surface area contributed by atoms with E-state index in [2.05, 4.69) is 0 Å². The predicted molar refractivity (Wildman–Crippen MR) is 64.5 cm³/mol. The number of anilines is 1. The molecule has 0 amide bonds. The molecule has 0 aliphatic rings. The molecule has 0 N–H and O–H groups in total. The molecule has 0 radical (unpaired) electrons. The van der Waals surface area contributed by atoms with Gasteiger partial charge in [-0.2, -0.15) is 5.26 Å². The molecule has 1 aromatic carbocycles. The highest BCUT2D eigenvalue weighted by Gasteiger charge is 2.19. The number of Topliss-reactive ketones (excluding diaryl/α,β-unsaturated/α-hetero) is 1. The maximum absolute atomic E-state index is 13.8. The van der Waals surface area contributed by atoms with Gasteiger partial charge in [-0.1, -0.05) is 6.07 Å². The molecule has 1 unspecified atom stereocenters. The number of benzene rings is 1. The van der Waals surface area contributed by atoms with Crippen molar-refractivity contribution in [2.24, 2.45) is 0 Å². The van der Waals surface area contributed by atoms with Crippen molar-refractivity contribution in [2.75, 3.05) is 11.9 Å². The van der Waals surface area contributed by atoms with Gasteiger partial charge in [-0.05, 0) is 26.0 Å². The summed E-state index contributed by atoms with van der Waals surface area (Å²) < 4.78 is 13.8. The van der Waals surface area contributed by atoms with Crippen LogP contribution in [0.5, 0.6) is 0 Å². The predicted octanol–water partition coefficient (Wildman–Crippen LogP) is 2.77. The Kier molecular flexibility index (Phi) is 4.22. The molecular formula is C13H15FN2O. The van der Waals surface area contributed by atoms with Crippen LogP contribution in [0.3, 0.4) is 0 Å². The third kappa shape index (κ3) is 2.82. The van der Waals surface area contributed by atoms with Gasteiger partial charge < -0.3 is 4.90 Å². The van der Waals surface area contributed by atoms with Crippen molar-refractivity contribution in [1.29, 1.82) is 5.26 Å². The normalized spacial score (nSPS) is 11.7. The average Bonchev–Trinajstić information content (AvgIpc) is 2.28. The number of nitrogens with zero attached hydrogens (tertiary/aromatic N) is 2. The van der Waals surface area contributed by atoms with Crippen molar-refractivity contribution in [3.63, 3.8) is 0 Å². The van der Waals surface area contributed by atoms with Crippen LogP contribution in [-0.2, 0) is 0 Å². The van der Waals surface area contributed by atoms with Gasteiger partial charge >= 0.3 is 0 Å². The Morgan fingerprint density at radius 2 is 2.24 bits per heavy atom. The molecule has 0 saturated carbocycles. The first-order valence-corrected chi connectivity index (χ1v) is 5.38. The number of hydrogen-bond donors (Lipinski definition) is 0. The molecule has 3 nitrogen and oxygen atoms in total. The Labute approximate surface area is 100 Å².